The fourth-order valence-electron chi connectivity index (χ4n) is 7.16. The Morgan fingerprint density at radius 2 is 0.735 bits per heavy atom. The topological polar surface area (TPSA) is 400 Å². The SMILES string of the molecule is CC(C)Oc1cc(OCC(=O)O)cc(C(=O)O)c1.CC(C)Oc1cc(OCC(=O)OC(C)(C)C)cc(C(=O)O)c1.COC(=O)COc1cc(OC(C)C)cc(C(=O)Nc2nccs2)c1.COC(=O)COc1cc(OC(C)C)cc(C(=O)O)c1.COC(=O)c1cc(O)cc(OC(C)C)c1. The van der Waals surface area contributed by atoms with Crippen molar-refractivity contribution < 1.29 is 130 Å². The van der Waals surface area contributed by atoms with E-state index in [1.54, 1.807) is 58.3 Å². The molecule has 0 aliphatic carbocycles. The van der Waals surface area contributed by atoms with E-state index in [1.165, 1.54) is 112 Å². The highest BCUT2D eigenvalue weighted by atomic mass is 32.1. The van der Waals surface area contributed by atoms with Crippen LogP contribution >= 0.6 is 11.3 Å². The number of ether oxygens (including phenoxy) is 13. The van der Waals surface area contributed by atoms with Crippen molar-refractivity contribution in [1.29, 1.82) is 0 Å². The summed E-state index contributed by atoms with van der Waals surface area (Å²) < 4.78 is 66.6. The van der Waals surface area contributed by atoms with Gasteiger partial charge in [0.05, 0.1) is 74.1 Å². The van der Waals surface area contributed by atoms with Crippen LogP contribution in [-0.2, 0) is 38.1 Å². The smallest absolute Gasteiger partial charge is 0.344 e. The number of nitrogens with zero attached hydrogens (tertiary/aromatic N) is 1. The minimum atomic E-state index is -1.14. The number of aromatic carboxylic acids is 3. The molecule has 0 saturated heterocycles. The zero-order chi connectivity index (χ0) is 74.0. The van der Waals surface area contributed by atoms with Gasteiger partial charge in [0, 0.05) is 47.5 Å². The summed E-state index contributed by atoms with van der Waals surface area (Å²) in [6.07, 6.45) is 1.18. The molecular formula is C68H84N2O27S. The number of esters is 4. The number of hydrogen-bond donors (Lipinski definition) is 6. The third kappa shape index (κ3) is 34.9. The van der Waals surface area contributed by atoms with E-state index in [0.717, 1.165) is 0 Å². The minimum absolute atomic E-state index is 0.0164. The first-order valence-corrected chi connectivity index (χ1v) is 30.6. The number of thiazole rings is 1. The number of aromatic nitrogens is 1. The van der Waals surface area contributed by atoms with Gasteiger partial charge >= 0.3 is 47.8 Å². The molecule has 6 N–H and O–H groups in total. The van der Waals surface area contributed by atoms with E-state index < -0.39 is 60.0 Å². The number of aromatic hydroxyl groups is 1. The third-order valence-electron chi connectivity index (χ3n) is 10.7. The van der Waals surface area contributed by atoms with Gasteiger partial charge in [0.2, 0.25) is 0 Å². The van der Waals surface area contributed by atoms with Crippen molar-refractivity contribution in [2.75, 3.05) is 53.1 Å². The lowest BCUT2D eigenvalue weighted by atomic mass is 10.2. The second kappa shape index (κ2) is 41.7. The largest absolute Gasteiger partial charge is 0.508 e. The first-order chi connectivity index (χ1) is 45.9. The Bertz CT molecular complexity index is 3600. The molecule has 0 saturated carbocycles. The number of nitrogens with one attached hydrogen (secondary N) is 1. The molecular weight excluding hydrogens is 1310 g/mol. The molecule has 1 aromatic heterocycles. The zero-order valence-corrected chi connectivity index (χ0v) is 57.9. The molecule has 29 nitrogen and oxygen atoms in total. The number of carboxylic acids is 4. The number of hydrogen-bond acceptors (Lipinski definition) is 25. The molecule has 0 unspecified atom stereocenters. The number of benzene rings is 5. The molecule has 30 heteroatoms. The quantitative estimate of drug-likeness (QED) is 0.0196. The summed E-state index contributed by atoms with van der Waals surface area (Å²) in [5, 5.41) is 49.8. The van der Waals surface area contributed by atoms with Gasteiger partial charge in [-0.1, -0.05) is 0 Å². The van der Waals surface area contributed by atoms with Crippen LogP contribution in [-0.4, -0.2) is 168 Å². The number of amides is 1. The summed E-state index contributed by atoms with van der Waals surface area (Å²) in [6.45, 7) is 22.2. The van der Waals surface area contributed by atoms with E-state index in [2.05, 4.69) is 24.5 Å². The Morgan fingerprint density at radius 3 is 1.04 bits per heavy atom. The lowest BCUT2D eigenvalue weighted by Crippen LogP contribution is -2.27. The molecule has 6 rings (SSSR count). The molecule has 0 radical (unpaired) electrons. The van der Waals surface area contributed by atoms with E-state index in [0.29, 0.717) is 45.2 Å². The van der Waals surface area contributed by atoms with E-state index in [1.807, 2.05) is 55.4 Å². The Hall–Kier alpha value is -11.0. The molecule has 0 atom stereocenters. The summed E-state index contributed by atoms with van der Waals surface area (Å²) >= 11 is 1.32. The lowest BCUT2D eigenvalue weighted by Gasteiger charge is -2.19. The van der Waals surface area contributed by atoms with Gasteiger partial charge in [-0.3, -0.25) is 10.1 Å². The minimum Gasteiger partial charge on any atom is -0.508 e. The fourth-order valence-corrected chi connectivity index (χ4v) is 7.68. The van der Waals surface area contributed by atoms with E-state index >= 15 is 0 Å². The zero-order valence-electron chi connectivity index (χ0n) is 57.1. The van der Waals surface area contributed by atoms with Gasteiger partial charge in [-0.25, -0.2) is 43.3 Å². The van der Waals surface area contributed by atoms with Crippen LogP contribution in [0.5, 0.6) is 57.5 Å². The van der Waals surface area contributed by atoms with Gasteiger partial charge in [0.15, 0.2) is 31.6 Å². The van der Waals surface area contributed by atoms with Crippen molar-refractivity contribution in [2.24, 2.45) is 0 Å². The predicted octanol–water partition coefficient (Wildman–Crippen LogP) is 11.0. The maximum Gasteiger partial charge on any atom is 0.344 e. The van der Waals surface area contributed by atoms with Gasteiger partial charge in [-0.2, -0.15) is 0 Å². The molecule has 0 bridgehead atoms. The maximum atomic E-state index is 12.3. The average molecular weight is 1390 g/mol. The second-order valence-electron chi connectivity index (χ2n) is 22.3. The van der Waals surface area contributed by atoms with Gasteiger partial charge in [0.25, 0.3) is 5.91 Å². The molecule has 98 heavy (non-hydrogen) atoms. The highest BCUT2D eigenvalue weighted by molar-refractivity contribution is 7.13. The van der Waals surface area contributed by atoms with Crippen LogP contribution in [0.4, 0.5) is 5.13 Å². The molecule has 534 valence electrons. The van der Waals surface area contributed by atoms with Crippen molar-refractivity contribution in [3.63, 3.8) is 0 Å². The van der Waals surface area contributed by atoms with Gasteiger partial charge in [-0.15, -0.1) is 11.3 Å². The highest BCUT2D eigenvalue weighted by Crippen LogP contribution is 2.29. The first kappa shape index (κ1) is 83.1. The number of carbonyl (C=O) groups is 9. The van der Waals surface area contributed by atoms with Crippen molar-refractivity contribution in [3.05, 3.63) is 130 Å². The Morgan fingerprint density at radius 1 is 0.418 bits per heavy atom. The monoisotopic (exact) mass is 1390 g/mol. The first-order valence-electron chi connectivity index (χ1n) is 29.7. The summed E-state index contributed by atoms with van der Waals surface area (Å²) in [4.78, 5) is 105. The van der Waals surface area contributed by atoms with Crippen LogP contribution in [0, 0.1) is 0 Å². The van der Waals surface area contributed by atoms with Crippen molar-refractivity contribution in [2.45, 2.75) is 126 Å². The molecule has 1 heterocycles. The lowest BCUT2D eigenvalue weighted by molar-refractivity contribution is -0.157. The van der Waals surface area contributed by atoms with Gasteiger partial charge in [-0.05, 0) is 151 Å². The Balaban J connectivity index is 0.000000420. The van der Waals surface area contributed by atoms with E-state index in [9.17, 15) is 48.3 Å². The number of phenols is 1. The number of aliphatic carboxylic acids is 1. The van der Waals surface area contributed by atoms with Crippen molar-refractivity contribution in [3.8, 4) is 57.5 Å². The van der Waals surface area contributed by atoms with Crippen LogP contribution in [0.3, 0.4) is 0 Å². The van der Waals surface area contributed by atoms with Crippen LogP contribution in [0.2, 0.25) is 0 Å². The maximum absolute atomic E-state index is 12.3. The molecule has 1 amide bonds. The Kier molecular flexibility index (Phi) is 35.4. The van der Waals surface area contributed by atoms with Gasteiger partial charge in [0.1, 0.15) is 63.1 Å². The second-order valence-corrected chi connectivity index (χ2v) is 23.2. The number of rotatable bonds is 28. The van der Waals surface area contributed by atoms with Crippen LogP contribution in [0.25, 0.3) is 0 Å². The van der Waals surface area contributed by atoms with Crippen molar-refractivity contribution >= 4 is 70.1 Å². The predicted molar refractivity (Wildman–Crippen MR) is 354 cm³/mol. The number of carboxylic acid groups (broad SMARTS) is 4. The molecule has 0 aliphatic heterocycles. The van der Waals surface area contributed by atoms with Gasteiger partial charge < -0.3 is 87.1 Å². The van der Waals surface area contributed by atoms with E-state index in [-0.39, 0.29) is 101 Å². The fraction of sp³-hybridized carbons (Fsp3) is 0.382. The van der Waals surface area contributed by atoms with E-state index in [4.69, 9.17) is 67.8 Å². The molecule has 5 aromatic carbocycles. The molecule has 0 fully saturated rings. The van der Waals surface area contributed by atoms with Crippen molar-refractivity contribution in [1.82, 2.24) is 4.98 Å². The summed E-state index contributed by atoms with van der Waals surface area (Å²) in [7, 11) is 3.80. The van der Waals surface area contributed by atoms with Crippen LogP contribution in [0.1, 0.15) is 142 Å². The summed E-state index contributed by atoms with van der Waals surface area (Å²) in [5.74, 6) is -3.99. The number of carbonyl (C=O) groups excluding carboxylic acids is 5. The third-order valence-corrected chi connectivity index (χ3v) is 11.3. The summed E-state index contributed by atoms with van der Waals surface area (Å²) in [5.41, 5.74) is 0.0372. The normalized spacial score (nSPS) is 10.4. The Labute approximate surface area is 570 Å². The summed E-state index contributed by atoms with van der Waals surface area (Å²) in [6, 6.07) is 21.6. The van der Waals surface area contributed by atoms with Crippen LogP contribution < -0.4 is 47.9 Å². The standard InChI is InChI=1S/C16H18N2O5S.C16H22O6.C13H16O6.C12H14O6.C11H14O4/c1-10(2)23-13-7-11(15(20)18-16-17-4-5-24-16)6-12(8-13)22-9-14(19)21-3;1-10(2)21-13-7-11(15(18)19)6-12(8-13)20-9-14(17)22-16(3,4)5;1-8(2)19-11-5-9(13(15)16)4-10(6-11)18-7-12(14)17-3;1-7(2)18-10-4-8(12(15)16)3-9(5-10)17-6-11(13)14;1-7(2)15-10-5-8(11(13)14-3)4-9(12)6-10/h4-8,10H,9H2,1-3H3,(H,17,18,20);6-8,10H,9H2,1-5H3,(H,18,19);4-6,8H,7H2,1-3H3,(H,15,16);3-5,7H,6H2,1-2H3,(H,13,14)(H,15,16);4-7,12H,1-3H3. The number of methoxy groups -OCH3 is 3. The molecule has 0 spiro atoms. The number of anilines is 1. The van der Waals surface area contributed by atoms with Crippen LogP contribution in [0.15, 0.2) is 103 Å². The number of phenolic OH excluding ortho intramolecular Hbond substituents is 1. The molecule has 0 aliphatic rings. The highest BCUT2D eigenvalue weighted by Gasteiger charge is 2.20. The molecule has 6 aromatic rings. The average Bonchev–Trinajstić information content (AvgIpc) is 1.05.